The Bertz CT molecular complexity index is 754. The summed E-state index contributed by atoms with van der Waals surface area (Å²) in [7, 11) is 0. The third kappa shape index (κ3) is 4.39. The Hall–Kier alpha value is -2.80. The van der Waals surface area contributed by atoms with E-state index in [4.69, 9.17) is 10.00 Å². The molecule has 0 aliphatic heterocycles. The number of amides is 1. The molecule has 4 nitrogen and oxygen atoms in total. The van der Waals surface area contributed by atoms with Gasteiger partial charge in [0, 0.05) is 6.04 Å². The van der Waals surface area contributed by atoms with Gasteiger partial charge in [0.2, 0.25) is 0 Å². The number of carbonyl (C=O) groups excluding carboxylic acids is 1. The van der Waals surface area contributed by atoms with Gasteiger partial charge >= 0.3 is 0 Å². The molecule has 1 N–H and O–H groups in total. The van der Waals surface area contributed by atoms with Crippen LogP contribution in [0.15, 0.2) is 48.5 Å². The van der Waals surface area contributed by atoms with E-state index >= 15 is 0 Å². The number of benzene rings is 2. The molecule has 2 aromatic rings. The van der Waals surface area contributed by atoms with Crippen LogP contribution in [0.25, 0.3) is 11.1 Å². The van der Waals surface area contributed by atoms with Crippen LogP contribution in [0.2, 0.25) is 0 Å². The SMILES string of the molecule is C[C@H](Oc1ccc(-c2ccc(C#N)cc2)cc1)C(=O)NC1CCCC1. The van der Waals surface area contributed by atoms with E-state index in [1.54, 1.807) is 19.1 Å². The number of carbonyl (C=O) groups is 1. The van der Waals surface area contributed by atoms with Crippen molar-refractivity contribution < 1.29 is 9.53 Å². The average Bonchev–Trinajstić information content (AvgIpc) is 3.15. The predicted molar refractivity (Wildman–Crippen MR) is 97.1 cm³/mol. The largest absolute Gasteiger partial charge is 0.481 e. The highest BCUT2D eigenvalue weighted by atomic mass is 16.5. The summed E-state index contributed by atoms with van der Waals surface area (Å²) >= 11 is 0. The molecule has 1 fully saturated rings. The van der Waals surface area contributed by atoms with Gasteiger partial charge in [-0.3, -0.25) is 4.79 Å². The van der Waals surface area contributed by atoms with Crippen LogP contribution < -0.4 is 10.1 Å². The van der Waals surface area contributed by atoms with Gasteiger partial charge in [-0.05, 0) is 55.2 Å². The summed E-state index contributed by atoms with van der Waals surface area (Å²) in [5.74, 6) is 0.620. The van der Waals surface area contributed by atoms with E-state index < -0.39 is 6.10 Å². The molecule has 4 heteroatoms. The standard InChI is InChI=1S/C21H22N2O2/c1-15(21(24)23-19-4-2-3-5-19)25-20-12-10-18(11-13-20)17-8-6-16(14-22)7-9-17/h6-13,15,19H,2-5H2,1H3,(H,23,24)/t15-/m0/s1. The highest BCUT2D eigenvalue weighted by molar-refractivity contribution is 5.81. The Labute approximate surface area is 148 Å². The van der Waals surface area contributed by atoms with E-state index in [9.17, 15) is 4.79 Å². The first-order valence-corrected chi connectivity index (χ1v) is 8.73. The number of ether oxygens (including phenoxy) is 1. The highest BCUT2D eigenvalue weighted by Gasteiger charge is 2.21. The van der Waals surface area contributed by atoms with Gasteiger partial charge in [-0.25, -0.2) is 0 Å². The lowest BCUT2D eigenvalue weighted by molar-refractivity contribution is -0.127. The molecule has 0 radical (unpaired) electrons. The fraction of sp³-hybridized carbons (Fsp3) is 0.333. The van der Waals surface area contributed by atoms with Crippen molar-refractivity contribution in [2.45, 2.75) is 44.8 Å². The van der Waals surface area contributed by atoms with Crippen molar-refractivity contribution in [3.63, 3.8) is 0 Å². The molecule has 0 aromatic heterocycles. The maximum atomic E-state index is 12.2. The van der Waals surface area contributed by atoms with E-state index in [1.165, 1.54) is 12.8 Å². The first kappa shape index (κ1) is 17.0. The molecule has 2 aromatic carbocycles. The predicted octanol–water partition coefficient (Wildman–Crippen LogP) is 4.05. The Morgan fingerprint density at radius 2 is 1.64 bits per heavy atom. The minimum Gasteiger partial charge on any atom is -0.481 e. The Morgan fingerprint density at radius 1 is 1.08 bits per heavy atom. The summed E-state index contributed by atoms with van der Waals surface area (Å²) in [6.07, 6.45) is 4.00. The lowest BCUT2D eigenvalue weighted by atomic mass is 10.0. The number of rotatable bonds is 5. The van der Waals surface area contributed by atoms with Gasteiger partial charge in [0.25, 0.3) is 5.91 Å². The summed E-state index contributed by atoms with van der Waals surface area (Å²) in [6.45, 7) is 1.78. The maximum absolute atomic E-state index is 12.2. The molecular weight excluding hydrogens is 312 g/mol. The number of nitrogens with one attached hydrogen (secondary N) is 1. The molecule has 25 heavy (non-hydrogen) atoms. The normalized spacial score (nSPS) is 15.4. The van der Waals surface area contributed by atoms with E-state index in [-0.39, 0.29) is 5.91 Å². The molecule has 1 aliphatic rings. The lowest BCUT2D eigenvalue weighted by Gasteiger charge is -2.18. The maximum Gasteiger partial charge on any atom is 0.260 e. The van der Waals surface area contributed by atoms with Crippen LogP contribution in [0.4, 0.5) is 0 Å². The zero-order chi connectivity index (χ0) is 17.6. The molecule has 3 rings (SSSR count). The lowest BCUT2D eigenvalue weighted by Crippen LogP contribution is -2.41. The van der Waals surface area contributed by atoms with Crippen LogP contribution in [0, 0.1) is 11.3 Å². The number of nitriles is 1. The highest BCUT2D eigenvalue weighted by Crippen LogP contribution is 2.23. The monoisotopic (exact) mass is 334 g/mol. The summed E-state index contributed by atoms with van der Waals surface area (Å²) in [5, 5.41) is 11.9. The fourth-order valence-electron chi connectivity index (χ4n) is 3.11. The molecule has 1 amide bonds. The second-order valence-electron chi connectivity index (χ2n) is 6.46. The van der Waals surface area contributed by atoms with Gasteiger partial charge in [0.05, 0.1) is 11.6 Å². The third-order valence-electron chi connectivity index (χ3n) is 4.59. The first-order valence-electron chi connectivity index (χ1n) is 8.73. The molecule has 0 bridgehead atoms. The van der Waals surface area contributed by atoms with Gasteiger partial charge < -0.3 is 10.1 Å². The second kappa shape index (κ2) is 7.85. The Kier molecular flexibility index (Phi) is 5.35. The van der Waals surface area contributed by atoms with Crippen molar-refractivity contribution in [3.8, 4) is 22.9 Å². The summed E-state index contributed by atoms with van der Waals surface area (Å²) in [4.78, 5) is 12.2. The molecule has 0 unspecified atom stereocenters. The minimum atomic E-state index is -0.513. The van der Waals surface area contributed by atoms with Crippen molar-refractivity contribution >= 4 is 5.91 Å². The van der Waals surface area contributed by atoms with Gasteiger partial charge in [-0.1, -0.05) is 37.1 Å². The molecule has 1 saturated carbocycles. The van der Waals surface area contributed by atoms with Crippen LogP contribution >= 0.6 is 0 Å². The van der Waals surface area contributed by atoms with Crippen LogP contribution in [0.1, 0.15) is 38.2 Å². The van der Waals surface area contributed by atoms with Crippen molar-refractivity contribution in [1.82, 2.24) is 5.32 Å². The van der Waals surface area contributed by atoms with Gasteiger partial charge in [0.1, 0.15) is 5.75 Å². The molecule has 0 heterocycles. The molecule has 1 aliphatic carbocycles. The molecule has 0 saturated heterocycles. The van der Waals surface area contributed by atoms with Crippen LogP contribution in [-0.4, -0.2) is 18.1 Å². The molecular formula is C21H22N2O2. The average molecular weight is 334 g/mol. The van der Waals surface area contributed by atoms with Gasteiger partial charge in [-0.2, -0.15) is 5.26 Å². The Balaban J connectivity index is 1.59. The van der Waals surface area contributed by atoms with E-state index in [0.29, 0.717) is 17.4 Å². The van der Waals surface area contributed by atoms with E-state index in [2.05, 4.69) is 11.4 Å². The van der Waals surface area contributed by atoms with Crippen LogP contribution in [0.3, 0.4) is 0 Å². The van der Waals surface area contributed by atoms with Crippen LogP contribution in [0.5, 0.6) is 5.75 Å². The molecule has 128 valence electrons. The van der Waals surface area contributed by atoms with Crippen molar-refractivity contribution in [2.75, 3.05) is 0 Å². The molecule has 1 atom stereocenters. The zero-order valence-electron chi connectivity index (χ0n) is 14.4. The zero-order valence-corrected chi connectivity index (χ0v) is 14.4. The van der Waals surface area contributed by atoms with E-state index in [1.807, 2.05) is 36.4 Å². The number of hydrogen-bond acceptors (Lipinski definition) is 3. The van der Waals surface area contributed by atoms with Crippen molar-refractivity contribution in [1.29, 1.82) is 5.26 Å². The third-order valence-corrected chi connectivity index (χ3v) is 4.59. The summed E-state index contributed by atoms with van der Waals surface area (Å²) in [6, 6.07) is 17.5. The van der Waals surface area contributed by atoms with Gasteiger partial charge in [0.15, 0.2) is 6.10 Å². The second-order valence-corrected chi connectivity index (χ2v) is 6.46. The van der Waals surface area contributed by atoms with Crippen molar-refractivity contribution in [2.24, 2.45) is 0 Å². The number of hydrogen-bond donors (Lipinski definition) is 1. The van der Waals surface area contributed by atoms with E-state index in [0.717, 1.165) is 24.0 Å². The smallest absolute Gasteiger partial charge is 0.260 e. The van der Waals surface area contributed by atoms with Crippen molar-refractivity contribution in [3.05, 3.63) is 54.1 Å². The summed E-state index contributed by atoms with van der Waals surface area (Å²) in [5.41, 5.74) is 2.73. The Morgan fingerprint density at radius 3 is 2.20 bits per heavy atom. The topological polar surface area (TPSA) is 62.1 Å². The first-order chi connectivity index (χ1) is 12.2. The molecule has 0 spiro atoms. The minimum absolute atomic E-state index is 0.0527. The number of nitrogens with zero attached hydrogens (tertiary/aromatic N) is 1. The quantitative estimate of drug-likeness (QED) is 0.897. The van der Waals surface area contributed by atoms with Crippen LogP contribution in [-0.2, 0) is 4.79 Å². The summed E-state index contributed by atoms with van der Waals surface area (Å²) < 4.78 is 5.76. The van der Waals surface area contributed by atoms with Gasteiger partial charge in [-0.15, -0.1) is 0 Å². The fourth-order valence-corrected chi connectivity index (χ4v) is 3.11.